The molecule has 3 rings (SSSR count). The SMILES string of the molecule is Cc1cnc(-c2cc(Cl)ccc2F)nc1Nc1ccncc1I. The lowest BCUT2D eigenvalue weighted by atomic mass is 10.2. The molecule has 0 bridgehead atoms. The van der Waals surface area contributed by atoms with E-state index in [2.05, 4.69) is 42.9 Å². The molecule has 7 heteroatoms. The van der Waals surface area contributed by atoms with Gasteiger partial charge in [0.25, 0.3) is 0 Å². The minimum Gasteiger partial charge on any atom is -0.339 e. The monoisotopic (exact) mass is 440 g/mol. The van der Waals surface area contributed by atoms with Crippen molar-refractivity contribution in [3.63, 3.8) is 0 Å². The molecule has 3 aromatic rings. The molecular formula is C16H11ClFIN4. The van der Waals surface area contributed by atoms with Crippen molar-refractivity contribution in [3.8, 4) is 11.4 Å². The minimum atomic E-state index is -0.414. The highest BCUT2D eigenvalue weighted by Crippen LogP contribution is 2.27. The number of hydrogen-bond acceptors (Lipinski definition) is 4. The molecule has 0 saturated carbocycles. The van der Waals surface area contributed by atoms with Crippen molar-refractivity contribution in [2.24, 2.45) is 0 Å². The molecule has 0 aliphatic carbocycles. The number of aromatic nitrogens is 3. The van der Waals surface area contributed by atoms with Crippen LogP contribution in [0.2, 0.25) is 5.02 Å². The average Bonchev–Trinajstić information content (AvgIpc) is 2.54. The van der Waals surface area contributed by atoms with Crippen LogP contribution in [0.4, 0.5) is 15.9 Å². The van der Waals surface area contributed by atoms with Crippen LogP contribution in [0.25, 0.3) is 11.4 Å². The van der Waals surface area contributed by atoms with E-state index in [1.54, 1.807) is 18.6 Å². The summed E-state index contributed by atoms with van der Waals surface area (Å²) in [5.41, 5.74) is 1.99. The third-order valence-electron chi connectivity index (χ3n) is 3.17. The van der Waals surface area contributed by atoms with E-state index in [4.69, 9.17) is 11.6 Å². The highest BCUT2D eigenvalue weighted by molar-refractivity contribution is 14.1. The molecule has 0 spiro atoms. The zero-order valence-electron chi connectivity index (χ0n) is 12.0. The Morgan fingerprint density at radius 1 is 1.22 bits per heavy atom. The molecule has 4 nitrogen and oxygen atoms in total. The normalized spacial score (nSPS) is 10.6. The van der Waals surface area contributed by atoms with Gasteiger partial charge in [-0.25, -0.2) is 14.4 Å². The molecule has 0 radical (unpaired) electrons. The molecule has 0 atom stereocenters. The predicted octanol–water partition coefficient (Wildman–Crippen LogP) is 4.99. The van der Waals surface area contributed by atoms with Gasteiger partial charge in [-0.2, -0.15) is 0 Å². The van der Waals surface area contributed by atoms with Crippen molar-refractivity contribution in [3.05, 3.63) is 62.8 Å². The van der Waals surface area contributed by atoms with Crippen LogP contribution in [-0.4, -0.2) is 15.0 Å². The summed E-state index contributed by atoms with van der Waals surface area (Å²) in [6, 6.07) is 6.16. The van der Waals surface area contributed by atoms with Crippen molar-refractivity contribution in [1.29, 1.82) is 0 Å². The van der Waals surface area contributed by atoms with Gasteiger partial charge < -0.3 is 5.32 Å². The Labute approximate surface area is 151 Å². The number of nitrogens with zero attached hydrogens (tertiary/aromatic N) is 3. The van der Waals surface area contributed by atoms with Crippen LogP contribution in [0, 0.1) is 16.3 Å². The van der Waals surface area contributed by atoms with Gasteiger partial charge in [-0.05, 0) is 53.8 Å². The third-order valence-corrected chi connectivity index (χ3v) is 4.26. The Hall–Kier alpha value is -1.80. The smallest absolute Gasteiger partial charge is 0.164 e. The van der Waals surface area contributed by atoms with Gasteiger partial charge in [0.1, 0.15) is 11.6 Å². The lowest BCUT2D eigenvalue weighted by Gasteiger charge is -2.11. The maximum absolute atomic E-state index is 14.0. The zero-order chi connectivity index (χ0) is 16.4. The van der Waals surface area contributed by atoms with Gasteiger partial charge in [-0.15, -0.1) is 0 Å². The summed E-state index contributed by atoms with van der Waals surface area (Å²) in [5, 5.41) is 3.66. The number of aryl methyl sites for hydroxylation is 1. The van der Waals surface area contributed by atoms with Crippen molar-refractivity contribution in [2.75, 3.05) is 5.32 Å². The summed E-state index contributed by atoms with van der Waals surface area (Å²) in [5.74, 6) is 0.475. The standard InChI is InChI=1S/C16H11ClFIN4/c1-9-7-21-16(11-6-10(17)2-3-12(11)18)23-15(9)22-14-4-5-20-8-13(14)19/h2-8H,1H3,(H,20,21,22,23). The number of benzene rings is 1. The van der Waals surface area contributed by atoms with E-state index in [1.807, 2.05) is 13.0 Å². The van der Waals surface area contributed by atoms with E-state index in [-0.39, 0.29) is 11.4 Å². The summed E-state index contributed by atoms with van der Waals surface area (Å²) in [7, 11) is 0. The summed E-state index contributed by atoms with van der Waals surface area (Å²) >= 11 is 8.13. The first-order valence-electron chi connectivity index (χ1n) is 6.70. The fraction of sp³-hybridized carbons (Fsp3) is 0.0625. The average molecular weight is 441 g/mol. The topological polar surface area (TPSA) is 50.7 Å². The second kappa shape index (κ2) is 6.76. The highest BCUT2D eigenvalue weighted by atomic mass is 127. The molecule has 0 amide bonds. The number of pyridine rings is 1. The van der Waals surface area contributed by atoms with Gasteiger partial charge in [0.15, 0.2) is 5.82 Å². The molecule has 0 saturated heterocycles. The molecule has 2 heterocycles. The quantitative estimate of drug-likeness (QED) is 0.583. The van der Waals surface area contributed by atoms with Crippen LogP contribution in [-0.2, 0) is 0 Å². The Morgan fingerprint density at radius 2 is 2.04 bits per heavy atom. The van der Waals surface area contributed by atoms with E-state index in [9.17, 15) is 4.39 Å². The molecule has 0 unspecified atom stereocenters. The summed E-state index contributed by atoms with van der Waals surface area (Å²) in [6.45, 7) is 1.88. The Kier molecular flexibility index (Phi) is 4.72. The van der Waals surface area contributed by atoms with Gasteiger partial charge >= 0.3 is 0 Å². The third kappa shape index (κ3) is 3.59. The van der Waals surface area contributed by atoms with E-state index in [1.165, 1.54) is 18.2 Å². The summed E-state index contributed by atoms with van der Waals surface area (Å²) < 4.78 is 15.0. The van der Waals surface area contributed by atoms with Crippen molar-refractivity contribution in [1.82, 2.24) is 15.0 Å². The fourth-order valence-electron chi connectivity index (χ4n) is 1.97. The van der Waals surface area contributed by atoms with Crippen LogP contribution in [0.15, 0.2) is 42.9 Å². The summed E-state index contributed by atoms with van der Waals surface area (Å²) in [6.07, 6.45) is 5.09. The second-order valence-electron chi connectivity index (χ2n) is 4.83. The van der Waals surface area contributed by atoms with E-state index < -0.39 is 5.82 Å². The van der Waals surface area contributed by atoms with Crippen molar-refractivity contribution < 1.29 is 4.39 Å². The summed E-state index contributed by atoms with van der Waals surface area (Å²) in [4.78, 5) is 12.7. The van der Waals surface area contributed by atoms with Crippen LogP contribution in [0.1, 0.15) is 5.56 Å². The van der Waals surface area contributed by atoms with E-state index in [0.717, 1.165) is 14.8 Å². The number of nitrogens with one attached hydrogen (secondary N) is 1. The molecule has 1 N–H and O–H groups in total. The molecule has 0 fully saturated rings. The van der Waals surface area contributed by atoms with Gasteiger partial charge in [0.05, 0.1) is 14.8 Å². The van der Waals surface area contributed by atoms with Crippen LogP contribution < -0.4 is 5.32 Å². The molecule has 1 aromatic carbocycles. The molecule has 0 aliphatic heterocycles. The minimum absolute atomic E-state index is 0.268. The Morgan fingerprint density at radius 3 is 2.83 bits per heavy atom. The highest BCUT2D eigenvalue weighted by Gasteiger charge is 2.12. The van der Waals surface area contributed by atoms with Gasteiger partial charge in [0, 0.05) is 29.2 Å². The molecular weight excluding hydrogens is 430 g/mol. The second-order valence-corrected chi connectivity index (χ2v) is 6.43. The van der Waals surface area contributed by atoms with Crippen LogP contribution in [0.3, 0.4) is 0 Å². The number of halogens is 3. The van der Waals surface area contributed by atoms with Crippen molar-refractivity contribution in [2.45, 2.75) is 6.92 Å². The number of anilines is 2. The van der Waals surface area contributed by atoms with Gasteiger partial charge in [-0.1, -0.05) is 11.6 Å². The van der Waals surface area contributed by atoms with E-state index in [0.29, 0.717) is 10.8 Å². The molecule has 0 aliphatic rings. The van der Waals surface area contributed by atoms with Gasteiger partial charge in [0.2, 0.25) is 0 Å². The Balaban J connectivity index is 2.03. The maximum Gasteiger partial charge on any atom is 0.164 e. The number of rotatable bonds is 3. The molecule has 23 heavy (non-hydrogen) atoms. The maximum atomic E-state index is 14.0. The van der Waals surface area contributed by atoms with Crippen molar-refractivity contribution >= 4 is 45.7 Å². The van der Waals surface area contributed by atoms with Crippen LogP contribution in [0.5, 0.6) is 0 Å². The first kappa shape index (κ1) is 16.1. The zero-order valence-corrected chi connectivity index (χ0v) is 14.9. The first-order chi connectivity index (χ1) is 11.0. The fourth-order valence-corrected chi connectivity index (χ4v) is 2.62. The first-order valence-corrected chi connectivity index (χ1v) is 8.16. The lowest BCUT2D eigenvalue weighted by Crippen LogP contribution is -2.02. The Bertz CT molecular complexity index is 872. The lowest BCUT2D eigenvalue weighted by molar-refractivity contribution is 0.630. The number of hydrogen-bond donors (Lipinski definition) is 1. The van der Waals surface area contributed by atoms with Gasteiger partial charge in [-0.3, -0.25) is 4.98 Å². The molecule has 116 valence electrons. The molecule has 2 aromatic heterocycles. The van der Waals surface area contributed by atoms with Crippen LogP contribution >= 0.6 is 34.2 Å². The largest absolute Gasteiger partial charge is 0.339 e. The predicted molar refractivity (Wildman–Crippen MR) is 97.4 cm³/mol. The van der Waals surface area contributed by atoms with E-state index >= 15 is 0 Å².